The Labute approximate surface area is 171 Å². The minimum atomic E-state index is -0.358. The Balaban J connectivity index is 1.48. The largest absolute Gasteiger partial charge is 0.324 e. The predicted octanol–water partition coefficient (Wildman–Crippen LogP) is 4.26. The standard InChI is InChI=1S/C20H19N5OS2/c1-13(19(26)22-17-7-3-2-5-14(17)12-21)28-20-24-23-18(25(20)15-8-9-15)11-16-6-4-10-27-16/h2-7,10,13,15H,8-9,11H2,1H3,(H,22,26)/t13-/m0/s1. The molecule has 6 nitrogen and oxygen atoms in total. The molecule has 1 fully saturated rings. The lowest BCUT2D eigenvalue weighted by molar-refractivity contribution is -0.115. The van der Waals surface area contributed by atoms with Gasteiger partial charge in [0.2, 0.25) is 5.91 Å². The monoisotopic (exact) mass is 409 g/mol. The molecule has 3 aromatic rings. The minimum Gasteiger partial charge on any atom is -0.324 e. The zero-order chi connectivity index (χ0) is 19.5. The number of benzene rings is 1. The Bertz CT molecular complexity index is 1020. The second-order valence-electron chi connectivity index (χ2n) is 6.66. The molecule has 0 unspecified atom stereocenters. The lowest BCUT2D eigenvalue weighted by atomic mass is 10.2. The summed E-state index contributed by atoms with van der Waals surface area (Å²) >= 11 is 3.12. The molecule has 1 saturated carbocycles. The molecule has 28 heavy (non-hydrogen) atoms. The quantitative estimate of drug-likeness (QED) is 0.590. The Morgan fingerprint density at radius 1 is 1.36 bits per heavy atom. The molecule has 2 aromatic heterocycles. The van der Waals surface area contributed by atoms with E-state index in [1.165, 1.54) is 16.6 Å². The number of nitriles is 1. The van der Waals surface area contributed by atoms with Crippen LogP contribution in [-0.4, -0.2) is 25.9 Å². The van der Waals surface area contributed by atoms with Gasteiger partial charge in [0, 0.05) is 17.3 Å². The molecule has 8 heteroatoms. The van der Waals surface area contributed by atoms with Crippen LogP contribution in [0.25, 0.3) is 0 Å². The second-order valence-corrected chi connectivity index (χ2v) is 9.00. The van der Waals surface area contributed by atoms with Crippen molar-refractivity contribution in [3.8, 4) is 6.07 Å². The number of thiophene rings is 1. The molecule has 0 aliphatic heterocycles. The van der Waals surface area contributed by atoms with E-state index in [4.69, 9.17) is 0 Å². The van der Waals surface area contributed by atoms with E-state index in [-0.39, 0.29) is 11.2 Å². The van der Waals surface area contributed by atoms with Crippen molar-refractivity contribution < 1.29 is 4.79 Å². The molecule has 1 aliphatic carbocycles. The first kappa shape index (κ1) is 18.7. The maximum absolute atomic E-state index is 12.6. The van der Waals surface area contributed by atoms with Gasteiger partial charge in [-0.15, -0.1) is 21.5 Å². The van der Waals surface area contributed by atoms with Gasteiger partial charge in [-0.1, -0.05) is 30.0 Å². The van der Waals surface area contributed by atoms with E-state index < -0.39 is 0 Å². The molecular weight excluding hydrogens is 390 g/mol. The first-order valence-corrected chi connectivity index (χ1v) is 10.8. The van der Waals surface area contributed by atoms with Crippen molar-refractivity contribution in [2.24, 2.45) is 0 Å². The Morgan fingerprint density at radius 3 is 2.89 bits per heavy atom. The first-order chi connectivity index (χ1) is 13.7. The van der Waals surface area contributed by atoms with Crippen molar-refractivity contribution in [1.29, 1.82) is 5.26 Å². The van der Waals surface area contributed by atoms with E-state index in [0.29, 0.717) is 17.3 Å². The van der Waals surface area contributed by atoms with Crippen LogP contribution in [0, 0.1) is 11.3 Å². The number of carbonyl (C=O) groups excluding carboxylic acids is 1. The highest BCUT2D eigenvalue weighted by molar-refractivity contribution is 8.00. The molecule has 2 heterocycles. The molecule has 1 aromatic carbocycles. The van der Waals surface area contributed by atoms with Crippen LogP contribution in [0.4, 0.5) is 5.69 Å². The smallest absolute Gasteiger partial charge is 0.237 e. The number of para-hydroxylation sites is 1. The number of anilines is 1. The fourth-order valence-corrected chi connectivity index (χ4v) is 4.55. The third-order valence-corrected chi connectivity index (χ3v) is 6.45. The van der Waals surface area contributed by atoms with Crippen molar-refractivity contribution in [2.75, 3.05) is 5.32 Å². The summed E-state index contributed by atoms with van der Waals surface area (Å²) in [6.07, 6.45) is 3.01. The number of thioether (sulfide) groups is 1. The van der Waals surface area contributed by atoms with Gasteiger partial charge in [0.15, 0.2) is 5.16 Å². The number of hydrogen-bond acceptors (Lipinski definition) is 6. The first-order valence-electron chi connectivity index (χ1n) is 9.08. The van der Waals surface area contributed by atoms with Gasteiger partial charge in [-0.25, -0.2) is 0 Å². The third kappa shape index (κ3) is 4.11. The lowest BCUT2D eigenvalue weighted by Crippen LogP contribution is -2.23. The minimum absolute atomic E-state index is 0.155. The average molecular weight is 410 g/mol. The van der Waals surface area contributed by atoms with Crippen LogP contribution < -0.4 is 5.32 Å². The van der Waals surface area contributed by atoms with E-state index >= 15 is 0 Å². The zero-order valence-electron chi connectivity index (χ0n) is 15.3. The van der Waals surface area contributed by atoms with Crippen LogP contribution in [0.2, 0.25) is 0 Å². The number of amides is 1. The summed E-state index contributed by atoms with van der Waals surface area (Å²) in [5.74, 6) is 0.799. The summed E-state index contributed by atoms with van der Waals surface area (Å²) in [6.45, 7) is 1.85. The van der Waals surface area contributed by atoms with Gasteiger partial charge in [-0.2, -0.15) is 5.26 Å². The summed E-state index contributed by atoms with van der Waals surface area (Å²) in [5.41, 5.74) is 0.983. The van der Waals surface area contributed by atoms with Crippen molar-refractivity contribution in [3.63, 3.8) is 0 Å². The Kier molecular flexibility index (Phi) is 5.46. The molecule has 1 aliphatic rings. The SMILES string of the molecule is C[C@H](Sc1nnc(Cc2cccs2)n1C1CC1)C(=O)Nc1ccccc1C#N. The summed E-state index contributed by atoms with van der Waals surface area (Å²) in [4.78, 5) is 13.9. The fraction of sp³-hybridized carbons (Fsp3) is 0.300. The van der Waals surface area contributed by atoms with E-state index in [2.05, 4.69) is 37.6 Å². The second kappa shape index (κ2) is 8.17. The summed E-state index contributed by atoms with van der Waals surface area (Å²) in [5, 5.41) is 23.3. The predicted molar refractivity (Wildman–Crippen MR) is 111 cm³/mol. The maximum Gasteiger partial charge on any atom is 0.237 e. The van der Waals surface area contributed by atoms with Crippen LogP contribution in [0.1, 0.15) is 42.1 Å². The molecule has 0 saturated heterocycles. The summed E-state index contributed by atoms with van der Waals surface area (Å²) < 4.78 is 2.19. The van der Waals surface area contributed by atoms with Crippen molar-refractivity contribution in [2.45, 2.75) is 42.6 Å². The number of aromatic nitrogens is 3. The molecule has 142 valence electrons. The van der Waals surface area contributed by atoms with Crippen LogP contribution in [0.3, 0.4) is 0 Å². The van der Waals surface area contributed by atoms with E-state index in [1.54, 1.807) is 35.6 Å². The number of nitrogens with one attached hydrogen (secondary N) is 1. The molecule has 0 spiro atoms. The molecule has 1 atom stereocenters. The molecule has 0 bridgehead atoms. The fourth-order valence-electron chi connectivity index (χ4n) is 2.91. The van der Waals surface area contributed by atoms with Gasteiger partial charge >= 0.3 is 0 Å². The van der Waals surface area contributed by atoms with Gasteiger partial charge in [0.25, 0.3) is 0 Å². The highest BCUT2D eigenvalue weighted by Gasteiger charge is 2.31. The van der Waals surface area contributed by atoms with Gasteiger partial charge in [0.05, 0.1) is 16.5 Å². The van der Waals surface area contributed by atoms with E-state index in [1.807, 2.05) is 13.0 Å². The maximum atomic E-state index is 12.6. The third-order valence-electron chi connectivity index (χ3n) is 4.52. The van der Waals surface area contributed by atoms with Crippen molar-refractivity contribution >= 4 is 34.7 Å². The topological polar surface area (TPSA) is 83.6 Å². The van der Waals surface area contributed by atoms with Gasteiger partial charge in [0.1, 0.15) is 11.9 Å². The average Bonchev–Trinajstić information content (AvgIpc) is 3.26. The Hall–Kier alpha value is -2.63. The number of rotatable bonds is 7. The van der Waals surface area contributed by atoms with Gasteiger partial charge in [-0.3, -0.25) is 4.79 Å². The number of carbonyl (C=O) groups is 1. The highest BCUT2D eigenvalue weighted by atomic mass is 32.2. The Morgan fingerprint density at radius 2 is 2.18 bits per heavy atom. The van der Waals surface area contributed by atoms with E-state index in [0.717, 1.165) is 30.2 Å². The van der Waals surface area contributed by atoms with Crippen LogP contribution >= 0.6 is 23.1 Å². The summed E-state index contributed by atoms with van der Waals surface area (Å²) in [6, 6.07) is 13.7. The van der Waals surface area contributed by atoms with Crippen molar-refractivity contribution in [1.82, 2.24) is 14.8 Å². The number of nitrogens with zero attached hydrogens (tertiary/aromatic N) is 4. The van der Waals surface area contributed by atoms with Crippen molar-refractivity contribution in [3.05, 3.63) is 58.0 Å². The van der Waals surface area contributed by atoms with Gasteiger partial charge < -0.3 is 9.88 Å². The number of hydrogen-bond donors (Lipinski definition) is 1. The van der Waals surface area contributed by atoms with Crippen LogP contribution in [0.5, 0.6) is 0 Å². The lowest BCUT2D eigenvalue weighted by Gasteiger charge is -2.14. The normalized spacial score (nSPS) is 14.4. The molecular formula is C20H19N5OS2. The van der Waals surface area contributed by atoms with E-state index in [9.17, 15) is 10.1 Å². The zero-order valence-corrected chi connectivity index (χ0v) is 17.0. The highest BCUT2D eigenvalue weighted by Crippen LogP contribution is 2.40. The van der Waals surface area contributed by atoms with Crippen LogP contribution in [0.15, 0.2) is 46.9 Å². The van der Waals surface area contributed by atoms with Crippen LogP contribution in [-0.2, 0) is 11.2 Å². The molecule has 4 rings (SSSR count). The molecule has 0 radical (unpaired) electrons. The van der Waals surface area contributed by atoms with Gasteiger partial charge in [-0.05, 0) is 43.3 Å². The molecule has 1 amide bonds. The molecule has 1 N–H and O–H groups in total. The summed E-state index contributed by atoms with van der Waals surface area (Å²) in [7, 11) is 0.